The normalized spacial score (nSPS) is 17.9. The molecule has 0 spiro atoms. The van der Waals surface area contributed by atoms with Gasteiger partial charge in [-0.1, -0.05) is 36.4 Å². The van der Waals surface area contributed by atoms with Crippen LogP contribution in [0.2, 0.25) is 0 Å². The Morgan fingerprint density at radius 1 is 1.09 bits per heavy atom. The lowest BCUT2D eigenvalue weighted by atomic mass is 9.97. The summed E-state index contributed by atoms with van der Waals surface area (Å²) in [6.07, 6.45) is 4.70. The molecule has 1 heterocycles. The maximum Gasteiger partial charge on any atom is 0.133 e. The van der Waals surface area contributed by atoms with Gasteiger partial charge in [-0.05, 0) is 83.9 Å². The molecular formula is C20H24BrNO. The van der Waals surface area contributed by atoms with Crippen LogP contribution in [-0.2, 0) is 6.42 Å². The van der Waals surface area contributed by atoms with E-state index in [-0.39, 0.29) is 0 Å². The fourth-order valence-electron chi connectivity index (χ4n) is 3.11. The van der Waals surface area contributed by atoms with Gasteiger partial charge in [-0.2, -0.15) is 0 Å². The molecule has 1 fully saturated rings. The molecule has 1 aliphatic heterocycles. The fourth-order valence-corrected chi connectivity index (χ4v) is 3.65. The molecule has 0 saturated carbocycles. The van der Waals surface area contributed by atoms with Gasteiger partial charge in [0.25, 0.3) is 0 Å². The number of hydrogen-bond acceptors (Lipinski definition) is 2. The Morgan fingerprint density at radius 3 is 2.70 bits per heavy atom. The molecule has 1 aliphatic rings. The molecule has 2 aromatic rings. The van der Waals surface area contributed by atoms with E-state index >= 15 is 0 Å². The second kappa shape index (κ2) is 8.51. The van der Waals surface area contributed by atoms with Gasteiger partial charge in [0, 0.05) is 0 Å². The van der Waals surface area contributed by atoms with E-state index < -0.39 is 0 Å². The summed E-state index contributed by atoms with van der Waals surface area (Å²) in [5.41, 5.74) is 2.63. The van der Waals surface area contributed by atoms with Crippen molar-refractivity contribution in [3.8, 4) is 5.75 Å². The van der Waals surface area contributed by atoms with Crippen molar-refractivity contribution in [3.05, 3.63) is 64.1 Å². The van der Waals surface area contributed by atoms with Crippen LogP contribution in [0.25, 0.3) is 0 Å². The molecule has 0 amide bonds. The van der Waals surface area contributed by atoms with E-state index in [2.05, 4.69) is 69.8 Å². The van der Waals surface area contributed by atoms with Crippen molar-refractivity contribution >= 4 is 15.9 Å². The molecule has 1 saturated heterocycles. The summed E-state index contributed by atoms with van der Waals surface area (Å²) in [7, 11) is 0. The summed E-state index contributed by atoms with van der Waals surface area (Å²) in [5.74, 6) is 1.71. The predicted molar refractivity (Wildman–Crippen MR) is 99.1 cm³/mol. The van der Waals surface area contributed by atoms with Crippen molar-refractivity contribution in [1.29, 1.82) is 0 Å². The van der Waals surface area contributed by atoms with Crippen LogP contribution < -0.4 is 10.1 Å². The Kier molecular flexibility index (Phi) is 6.12. The first-order chi connectivity index (χ1) is 11.3. The van der Waals surface area contributed by atoms with E-state index in [0.717, 1.165) is 42.1 Å². The third-order valence-electron chi connectivity index (χ3n) is 4.43. The minimum atomic E-state index is 0.764. The highest BCUT2D eigenvalue weighted by molar-refractivity contribution is 9.10. The van der Waals surface area contributed by atoms with Gasteiger partial charge in [-0.25, -0.2) is 0 Å². The van der Waals surface area contributed by atoms with Gasteiger partial charge in [0.2, 0.25) is 0 Å². The molecule has 122 valence electrons. The third-order valence-corrected chi connectivity index (χ3v) is 5.05. The summed E-state index contributed by atoms with van der Waals surface area (Å²) in [6, 6.07) is 17.0. The van der Waals surface area contributed by atoms with Crippen LogP contribution in [0, 0.1) is 5.92 Å². The highest BCUT2D eigenvalue weighted by Gasteiger charge is 2.13. The molecule has 0 aromatic heterocycles. The van der Waals surface area contributed by atoms with Crippen LogP contribution in [0.15, 0.2) is 53.0 Å². The first-order valence-electron chi connectivity index (χ1n) is 8.47. The zero-order valence-corrected chi connectivity index (χ0v) is 15.0. The number of benzene rings is 2. The van der Waals surface area contributed by atoms with Crippen molar-refractivity contribution < 1.29 is 4.74 Å². The van der Waals surface area contributed by atoms with Crippen LogP contribution in [0.4, 0.5) is 0 Å². The number of rotatable bonds is 6. The van der Waals surface area contributed by atoms with E-state index in [1.807, 2.05) is 0 Å². The summed E-state index contributed by atoms with van der Waals surface area (Å²) in [6.45, 7) is 3.11. The van der Waals surface area contributed by atoms with Crippen LogP contribution in [0.5, 0.6) is 5.75 Å². The third kappa shape index (κ3) is 5.08. The van der Waals surface area contributed by atoms with Crippen molar-refractivity contribution in [2.24, 2.45) is 5.92 Å². The van der Waals surface area contributed by atoms with Crippen LogP contribution >= 0.6 is 15.9 Å². The van der Waals surface area contributed by atoms with Gasteiger partial charge in [-0.15, -0.1) is 0 Å². The molecule has 2 aromatic carbocycles. The first kappa shape index (κ1) is 16.5. The standard InChI is InChI=1S/C20H24BrNO/c21-19-14-18(13-16-5-2-1-3-6-16)8-9-20(19)23-12-10-17-7-4-11-22-15-17/h1-3,5-6,8-9,14,17,22H,4,7,10-13,15H2/t17-/m0/s1. The molecule has 1 atom stereocenters. The average molecular weight is 374 g/mol. The summed E-state index contributed by atoms with van der Waals surface area (Å²) in [5, 5.41) is 3.46. The topological polar surface area (TPSA) is 21.3 Å². The smallest absolute Gasteiger partial charge is 0.133 e. The molecule has 3 rings (SSSR count). The largest absolute Gasteiger partial charge is 0.492 e. The summed E-state index contributed by atoms with van der Waals surface area (Å²) in [4.78, 5) is 0. The Hall–Kier alpha value is -1.32. The monoisotopic (exact) mass is 373 g/mol. The Labute approximate surface area is 147 Å². The van der Waals surface area contributed by atoms with E-state index in [1.165, 1.54) is 30.5 Å². The molecular weight excluding hydrogens is 350 g/mol. The second-order valence-corrected chi connectivity index (χ2v) is 7.13. The lowest BCUT2D eigenvalue weighted by molar-refractivity contribution is 0.253. The minimum Gasteiger partial charge on any atom is -0.492 e. The van der Waals surface area contributed by atoms with Crippen LogP contribution in [0.1, 0.15) is 30.4 Å². The van der Waals surface area contributed by atoms with E-state index in [1.54, 1.807) is 0 Å². The Bertz CT molecular complexity index is 608. The molecule has 23 heavy (non-hydrogen) atoms. The van der Waals surface area contributed by atoms with Crippen molar-refractivity contribution in [1.82, 2.24) is 5.32 Å². The Balaban J connectivity index is 1.52. The number of halogens is 1. The highest BCUT2D eigenvalue weighted by Crippen LogP contribution is 2.27. The van der Waals surface area contributed by atoms with Crippen LogP contribution in [-0.4, -0.2) is 19.7 Å². The summed E-state index contributed by atoms with van der Waals surface area (Å²) >= 11 is 3.65. The van der Waals surface area contributed by atoms with Crippen molar-refractivity contribution in [2.45, 2.75) is 25.7 Å². The van der Waals surface area contributed by atoms with E-state index in [0.29, 0.717) is 0 Å². The molecule has 0 bridgehead atoms. The van der Waals surface area contributed by atoms with Crippen molar-refractivity contribution in [3.63, 3.8) is 0 Å². The maximum absolute atomic E-state index is 5.97. The minimum absolute atomic E-state index is 0.764. The highest BCUT2D eigenvalue weighted by atomic mass is 79.9. The SMILES string of the molecule is Brc1cc(Cc2ccccc2)ccc1OCC[C@@H]1CCCNC1. The van der Waals surface area contributed by atoms with Gasteiger partial charge < -0.3 is 10.1 Å². The zero-order chi connectivity index (χ0) is 15.9. The molecule has 0 radical (unpaired) electrons. The van der Waals surface area contributed by atoms with Crippen LogP contribution in [0.3, 0.4) is 0 Å². The average Bonchev–Trinajstić information content (AvgIpc) is 2.59. The Morgan fingerprint density at radius 2 is 1.96 bits per heavy atom. The van der Waals surface area contributed by atoms with Gasteiger partial charge in [0.15, 0.2) is 0 Å². The fraction of sp³-hybridized carbons (Fsp3) is 0.400. The number of nitrogens with one attached hydrogen (secondary N) is 1. The number of ether oxygens (including phenoxy) is 1. The quantitative estimate of drug-likeness (QED) is 0.784. The first-order valence-corrected chi connectivity index (χ1v) is 9.26. The molecule has 2 nitrogen and oxygen atoms in total. The van der Waals surface area contributed by atoms with Gasteiger partial charge in [0.05, 0.1) is 11.1 Å². The lowest BCUT2D eigenvalue weighted by Crippen LogP contribution is -2.30. The number of piperidine rings is 1. The summed E-state index contributed by atoms with van der Waals surface area (Å²) < 4.78 is 7.02. The van der Waals surface area contributed by atoms with Gasteiger partial charge in [-0.3, -0.25) is 0 Å². The molecule has 0 aliphatic carbocycles. The second-order valence-electron chi connectivity index (χ2n) is 6.28. The van der Waals surface area contributed by atoms with E-state index in [9.17, 15) is 0 Å². The van der Waals surface area contributed by atoms with Gasteiger partial charge in [0.1, 0.15) is 5.75 Å². The van der Waals surface area contributed by atoms with Crippen molar-refractivity contribution in [2.75, 3.05) is 19.7 Å². The lowest BCUT2D eigenvalue weighted by Gasteiger charge is -2.22. The van der Waals surface area contributed by atoms with E-state index in [4.69, 9.17) is 4.74 Å². The number of hydrogen-bond donors (Lipinski definition) is 1. The van der Waals surface area contributed by atoms with Gasteiger partial charge >= 0.3 is 0 Å². The zero-order valence-electron chi connectivity index (χ0n) is 13.4. The maximum atomic E-state index is 5.97. The molecule has 3 heteroatoms. The predicted octanol–water partition coefficient (Wildman–Crippen LogP) is 4.81. The molecule has 1 N–H and O–H groups in total. The molecule has 0 unspecified atom stereocenters.